The highest BCUT2D eigenvalue weighted by atomic mass is 16.5. The number of carbonyl (C=O) groups excluding carboxylic acids is 2. The minimum Gasteiger partial charge on any atom is -0.490 e. The van der Waals surface area contributed by atoms with Gasteiger partial charge in [-0.1, -0.05) is 12.2 Å². The van der Waals surface area contributed by atoms with Crippen molar-refractivity contribution in [3.05, 3.63) is 80.5 Å². The molecule has 0 radical (unpaired) electrons. The van der Waals surface area contributed by atoms with Gasteiger partial charge in [0.25, 0.3) is 0 Å². The molecule has 4 aromatic rings. The zero-order valence-electron chi connectivity index (χ0n) is 30.4. The fourth-order valence-electron chi connectivity index (χ4n) is 6.70. The zero-order chi connectivity index (χ0) is 36.8. The molecule has 0 aliphatic carbocycles. The molecule has 12 heteroatoms. The number of hydrogen-bond acceptors (Lipinski definition) is 10. The van der Waals surface area contributed by atoms with Crippen molar-refractivity contribution in [2.24, 2.45) is 0 Å². The van der Waals surface area contributed by atoms with Crippen molar-refractivity contribution >= 4 is 45.1 Å². The van der Waals surface area contributed by atoms with Crippen molar-refractivity contribution in [3.63, 3.8) is 0 Å². The monoisotopic (exact) mass is 712 g/mol. The van der Waals surface area contributed by atoms with Gasteiger partial charge in [0.15, 0.2) is 0 Å². The second-order valence-corrected chi connectivity index (χ2v) is 14.0. The van der Waals surface area contributed by atoms with Crippen molar-refractivity contribution in [1.82, 2.24) is 9.80 Å². The second-order valence-electron chi connectivity index (χ2n) is 14.0. The van der Waals surface area contributed by atoms with Crippen LogP contribution in [-0.4, -0.2) is 74.1 Å². The van der Waals surface area contributed by atoms with Gasteiger partial charge in [0.1, 0.15) is 46.2 Å². The van der Waals surface area contributed by atoms with E-state index < -0.39 is 11.3 Å². The van der Waals surface area contributed by atoms with E-state index in [4.69, 9.17) is 18.3 Å². The molecule has 2 amide bonds. The lowest BCUT2D eigenvalue weighted by molar-refractivity contribution is -0.117. The Balaban J connectivity index is 0.951. The number of hydrogen-bond donors (Lipinski definition) is 2. The van der Waals surface area contributed by atoms with Crippen LogP contribution in [0.5, 0.6) is 11.5 Å². The molecule has 4 heterocycles. The highest BCUT2D eigenvalue weighted by Crippen LogP contribution is 2.31. The molecular weight excluding hydrogens is 664 g/mol. The highest BCUT2D eigenvalue weighted by molar-refractivity contribution is 5.94. The van der Waals surface area contributed by atoms with Crippen LogP contribution in [-0.2, 0) is 9.59 Å². The number of rotatable bonds is 12. The van der Waals surface area contributed by atoms with Crippen LogP contribution in [0, 0.1) is 13.8 Å². The van der Waals surface area contributed by atoms with E-state index in [2.05, 4.69) is 34.5 Å². The van der Waals surface area contributed by atoms with Gasteiger partial charge in [-0.05, 0) is 103 Å². The van der Waals surface area contributed by atoms with Crippen LogP contribution in [0.3, 0.4) is 0 Å². The summed E-state index contributed by atoms with van der Waals surface area (Å²) in [7, 11) is 4.20. The maximum atomic E-state index is 12.7. The molecule has 0 atom stereocenters. The summed E-state index contributed by atoms with van der Waals surface area (Å²) >= 11 is 0. The fraction of sp³-hybridized carbons (Fsp3) is 0.450. The summed E-state index contributed by atoms with van der Waals surface area (Å²) in [5.41, 5.74) is 1.30. The summed E-state index contributed by atoms with van der Waals surface area (Å²) in [5, 5.41) is 6.71. The maximum Gasteiger partial charge on any atom is 0.360 e. The third-order valence-corrected chi connectivity index (χ3v) is 9.91. The van der Waals surface area contributed by atoms with Crippen LogP contribution in [0.4, 0.5) is 11.4 Å². The van der Waals surface area contributed by atoms with E-state index >= 15 is 0 Å². The molecule has 0 saturated carbocycles. The molecule has 52 heavy (non-hydrogen) atoms. The van der Waals surface area contributed by atoms with Crippen molar-refractivity contribution in [2.45, 2.75) is 77.4 Å². The summed E-state index contributed by atoms with van der Waals surface area (Å²) < 4.78 is 23.7. The minimum atomic E-state index is -0.626. The number of anilines is 2. The minimum absolute atomic E-state index is 0.0799. The first-order valence-electron chi connectivity index (χ1n) is 18.1. The van der Waals surface area contributed by atoms with Crippen LogP contribution in [0.25, 0.3) is 21.9 Å². The molecule has 0 bridgehead atoms. The molecule has 2 aromatic carbocycles. The number of fused-ring (bicyclic) bond motifs is 2. The Hall–Kier alpha value is -4.94. The van der Waals surface area contributed by atoms with Gasteiger partial charge in [0, 0.05) is 60.9 Å². The Morgan fingerprint density at radius 2 is 1.08 bits per heavy atom. The SMILES string of the molecule is Cc1c(OC2CCN(C)CC2)ccc2cc(NC(=O)CC/C=C\CCC(=O)Nc3cc4ccc(OC5CCN(C)CC5)c(C)c4oc3=O)c(=O)oc12. The number of amides is 2. The van der Waals surface area contributed by atoms with Crippen molar-refractivity contribution in [2.75, 3.05) is 50.9 Å². The van der Waals surface area contributed by atoms with Crippen molar-refractivity contribution < 1.29 is 27.9 Å². The predicted molar refractivity (Wildman–Crippen MR) is 202 cm³/mol. The smallest absolute Gasteiger partial charge is 0.360 e. The molecule has 2 fully saturated rings. The standard InChI is InChI=1S/C40H48N4O8/c1-25-33(49-29-15-19-43(3)20-16-29)13-11-27-23-31(39(47)51-37(25)27)41-35(45)9-7-5-6-8-10-36(46)42-32-24-28-12-14-34(26(2)38(28)52-40(32)48)50-30-17-21-44(4)22-18-30/h5-6,11-14,23-24,29-30H,7-10,15-22H2,1-4H3,(H,41,45)(H,42,46)/b6-5-. The Labute approximate surface area is 302 Å². The Kier molecular flexibility index (Phi) is 11.8. The topological polar surface area (TPSA) is 144 Å². The van der Waals surface area contributed by atoms with Gasteiger partial charge in [-0.3, -0.25) is 9.59 Å². The lowest BCUT2D eigenvalue weighted by atomic mass is 10.1. The van der Waals surface area contributed by atoms with E-state index in [1.165, 1.54) is 0 Å². The largest absolute Gasteiger partial charge is 0.490 e. The molecule has 2 aromatic heterocycles. The number of ether oxygens (including phenoxy) is 2. The molecule has 0 unspecified atom stereocenters. The third kappa shape index (κ3) is 9.10. The number of aryl methyl sites for hydroxylation is 2. The van der Waals surface area contributed by atoms with Gasteiger partial charge in [-0.2, -0.15) is 0 Å². The molecule has 6 rings (SSSR count). The van der Waals surface area contributed by atoms with E-state index in [9.17, 15) is 19.2 Å². The van der Waals surface area contributed by atoms with Gasteiger partial charge >= 0.3 is 11.3 Å². The summed E-state index contributed by atoms with van der Waals surface area (Å²) in [5.74, 6) is 0.741. The average Bonchev–Trinajstić information content (AvgIpc) is 3.12. The van der Waals surface area contributed by atoms with Crippen LogP contribution < -0.4 is 31.4 Å². The number of piperidine rings is 2. The highest BCUT2D eigenvalue weighted by Gasteiger charge is 2.22. The predicted octanol–water partition coefficient (Wildman–Crippen LogP) is 6.16. The van der Waals surface area contributed by atoms with E-state index in [0.29, 0.717) is 46.3 Å². The Morgan fingerprint density at radius 1 is 0.692 bits per heavy atom. The normalized spacial score (nSPS) is 16.5. The molecular formula is C40H48N4O8. The number of allylic oxidation sites excluding steroid dienone is 2. The van der Waals surface area contributed by atoms with Crippen molar-refractivity contribution in [1.29, 1.82) is 0 Å². The maximum absolute atomic E-state index is 12.7. The van der Waals surface area contributed by atoms with Crippen LogP contribution in [0.15, 0.2) is 67.0 Å². The fourth-order valence-corrected chi connectivity index (χ4v) is 6.70. The summed E-state index contributed by atoms with van der Waals surface area (Å²) in [6.45, 7) is 7.65. The first-order valence-corrected chi connectivity index (χ1v) is 18.1. The second kappa shape index (κ2) is 16.6. The molecule has 276 valence electrons. The Bertz CT molecular complexity index is 1920. The lowest BCUT2D eigenvalue weighted by Crippen LogP contribution is -2.35. The number of carbonyl (C=O) groups is 2. The lowest BCUT2D eigenvalue weighted by Gasteiger charge is -2.29. The summed E-state index contributed by atoms with van der Waals surface area (Å²) in [6, 6.07) is 10.7. The van der Waals surface area contributed by atoms with Gasteiger partial charge in [0.2, 0.25) is 11.8 Å². The first kappa shape index (κ1) is 36.8. The number of nitrogens with one attached hydrogen (secondary N) is 2. The van der Waals surface area contributed by atoms with Gasteiger partial charge in [0.05, 0.1) is 0 Å². The first-order chi connectivity index (χ1) is 25.0. The third-order valence-electron chi connectivity index (χ3n) is 9.91. The summed E-state index contributed by atoms with van der Waals surface area (Å²) in [4.78, 5) is 55.3. The van der Waals surface area contributed by atoms with Crippen molar-refractivity contribution in [3.8, 4) is 11.5 Å². The average molecular weight is 713 g/mol. The number of benzene rings is 2. The van der Waals surface area contributed by atoms with E-state index in [0.717, 1.165) is 63.0 Å². The number of likely N-dealkylation sites (tertiary alicyclic amines) is 2. The summed E-state index contributed by atoms with van der Waals surface area (Å²) in [6.07, 6.45) is 8.74. The van der Waals surface area contributed by atoms with Gasteiger partial charge in [-0.25, -0.2) is 9.59 Å². The van der Waals surface area contributed by atoms with Crippen LogP contribution >= 0.6 is 0 Å². The van der Waals surface area contributed by atoms with Gasteiger partial charge in [-0.15, -0.1) is 0 Å². The van der Waals surface area contributed by atoms with E-state index in [-0.39, 0.29) is 48.2 Å². The Morgan fingerprint density at radius 3 is 1.46 bits per heavy atom. The van der Waals surface area contributed by atoms with Gasteiger partial charge < -0.3 is 38.7 Å². The molecule has 2 aliphatic rings. The van der Waals surface area contributed by atoms with Crippen LogP contribution in [0.1, 0.15) is 62.5 Å². The molecule has 12 nitrogen and oxygen atoms in total. The molecule has 2 saturated heterocycles. The molecule has 0 spiro atoms. The molecule has 2 aliphatic heterocycles. The van der Waals surface area contributed by atoms with E-state index in [1.807, 2.05) is 50.3 Å². The quantitative estimate of drug-likeness (QED) is 0.130. The number of nitrogens with zero attached hydrogens (tertiary/aromatic N) is 2. The molecule has 2 N–H and O–H groups in total. The zero-order valence-corrected chi connectivity index (χ0v) is 30.4. The van der Waals surface area contributed by atoms with Crippen LogP contribution in [0.2, 0.25) is 0 Å². The van der Waals surface area contributed by atoms with E-state index in [1.54, 1.807) is 12.1 Å².